The zero-order chi connectivity index (χ0) is 18.4. The summed E-state index contributed by atoms with van der Waals surface area (Å²) in [5.74, 6) is 0.202. The number of piperidine rings is 1. The molecule has 0 aromatic rings. The van der Waals surface area contributed by atoms with Crippen LogP contribution < -0.4 is 10.6 Å². The number of amides is 3. The molecule has 3 rings (SSSR count). The van der Waals surface area contributed by atoms with Crippen LogP contribution in [0.3, 0.4) is 0 Å². The highest BCUT2D eigenvalue weighted by molar-refractivity contribution is 5.85. The minimum atomic E-state index is -0.396. The molecular weight excluding hydrogens is 368 g/mol. The maximum Gasteiger partial charge on any atom is 0.317 e. The van der Waals surface area contributed by atoms with Crippen molar-refractivity contribution in [3.05, 3.63) is 0 Å². The molecule has 0 aromatic heterocycles. The molecule has 0 aromatic carbocycles. The lowest BCUT2D eigenvalue weighted by Gasteiger charge is -2.42. The van der Waals surface area contributed by atoms with Crippen LogP contribution in [-0.4, -0.2) is 80.8 Å². The van der Waals surface area contributed by atoms with Crippen LogP contribution in [0.4, 0.5) is 4.79 Å². The summed E-state index contributed by atoms with van der Waals surface area (Å²) < 4.78 is 5.39. The largest absolute Gasteiger partial charge is 0.384 e. The Morgan fingerprint density at radius 1 is 1.04 bits per heavy atom. The van der Waals surface area contributed by atoms with E-state index < -0.39 is 5.41 Å². The number of nitrogens with zero attached hydrogens (tertiary/aromatic N) is 2. The van der Waals surface area contributed by atoms with Crippen molar-refractivity contribution in [2.24, 2.45) is 5.41 Å². The van der Waals surface area contributed by atoms with Gasteiger partial charge in [-0.1, -0.05) is 19.3 Å². The highest BCUT2D eigenvalue weighted by atomic mass is 35.5. The number of rotatable bonds is 4. The zero-order valence-electron chi connectivity index (χ0n) is 16.5. The molecule has 0 atom stereocenters. The third kappa shape index (κ3) is 5.48. The average molecular weight is 403 g/mol. The lowest BCUT2D eigenvalue weighted by atomic mass is 9.78. The highest BCUT2D eigenvalue weighted by Gasteiger charge is 2.43. The van der Waals surface area contributed by atoms with Gasteiger partial charge in [-0.25, -0.2) is 4.79 Å². The van der Waals surface area contributed by atoms with E-state index in [1.54, 1.807) is 7.11 Å². The fraction of sp³-hybridized carbons (Fsp3) is 0.895. The average Bonchev–Trinajstić information content (AvgIpc) is 2.69. The SMILES string of the molecule is COCC1(C(=O)N2CCN(C(=O)NC3CCCCC3)CC2)CCNCC1.Cl. The third-order valence-electron chi connectivity index (χ3n) is 6.22. The summed E-state index contributed by atoms with van der Waals surface area (Å²) in [4.78, 5) is 29.5. The normalized spacial score (nSPS) is 23.4. The van der Waals surface area contributed by atoms with Crippen LogP contribution in [0, 0.1) is 5.41 Å². The predicted molar refractivity (Wildman–Crippen MR) is 107 cm³/mol. The first-order chi connectivity index (χ1) is 12.6. The van der Waals surface area contributed by atoms with E-state index in [0.717, 1.165) is 38.8 Å². The van der Waals surface area contributed by atoms with Crippen LogP contribution >= 0.6 is 12.4 Å². The number of ether oxygens (including phenoxy) is 1. The smallest absolute Gasteiger partial charge is 0.317 e. The van der Waals surface area contributed by atoms with E-state index in [1.807, 2.05) is 9.80 Å². The fourth-order valence-corrected chi connectivity index (χ4v) is 4.56. The van der Waals surface area contributed by atoms with E-state index in [1.165, 1.54) is 19.3 Å². The molecule has 2 aliphatic heterocycles. The van der Waals surface area contributed by atoms with Crippen molar-refractivity contribution in [3.8, 4) is 0 Å². The van der Waals surface area contributed by atoms with Gasteiger partial charge in [0.1, 0.15) is 0 Å². The van der Waals surface area contributed by atoms with Gasteiger partial charge in [-0.15, -0.1) is 12.4 Å². The maximum atomic E-state index is 13.2. The number of carbonyl (C=O) groups is 2. The van der Waals surface area contributed by atoms with Crippen molar-refractivity contribution in [1.82, 2.24) is 20.4 Å². The van der Waals surface area contributed by atoms with E-state index in [9.17, 15) is 9.59 Å². The highest BCUT2D eigenvalue weighted by Crippen LogP contribution is 2.32. The summed E-state index contributed by atoms with van der Waals surface area (Å²) in [5.41, 5.74) is -0.396. The van der Waals surface area contributed by atoms with Gasteiger partial charge in [-0.3, -0.25) is 4.79 Å². The van der Waals surface area contributed by atoms with Gasteiger partial charge in [0.05, 0.1) is 12.0 Å². The summed E-state index contributed by atoms with van der Waals surface area (Å²) in [7, 11) is 1.67. The number of methoxy groups -OCH3 is 1. The van der Waals surface area contributed by atoms with Crippen molar-refractivity contribution < 1.29 is 14.3 Å². The Kier molecular flexibility index (Phi) is 8.63. The number of carbonyl (C=O) groups excluding carboxylic acids is 2. The Morgan fingerprint density at radius 2 is 1.63 bits per heavy atom. The molecule has 0 spiro atoms. The monoisotopic (exact) mass is 402 g/mol. The molecule has 1 aliphatic carbocycles. The Labute approximate surface area is 168 Å². The van der Waals surface area contributed by atoms with E-state index in [-0.39, 0.29) is 24.3 Å². The molecule has 2 N–H and O–H groups in total. The molecular formula is C19H35ClN4O3. The molecule has 3 fully saturated rings. The van der Waals surface area contributed by atoms with Crippen LogP contribution in [0.25, 0.3) is 0 Å². The molecule has 8 heteroatoms. The zero-order valence-corrected chi connectivity index (χ0v) is 17.3. The second kappa shape index (κ2) is 10.5. The molecule has 2 heterocycles. The molecule has 7 nitrogen and oxygen atoms in total. The molecule has 3 aliphatic rings. The number of hydrogen-bond donors (Lipinski definition) is 2. The molecule has 1 saturated carbocycles. The van der Waals surface area contributed by atoms with E-state index in [4.69, 9.17) is 4.74 Å². The van der Waals surface area contributed by atoms with Crippen LogP contribution in [0.15, 0.2) is 0 Å². The number of halogens is 1. The molecule has 0 unspecified atom stereocenters. The van der Waals surface area contributed by atoms with Crippen molar-refractivity contribution in [1.29, 1.82) is 0 Å². The lowest BCUT2D eigenvalue weighted by Crippen LogP contribution is -2.58. The molecule has 0 radical (unpaired) electrons. The summed E-state index contributed by atoms with van der Waals surface area (Å²) in [5, 5.41) is 6.51. The molecule has 0 bridgehead atoms. The lowest BCUT2D eigenvalue weighted by molar-refractivity contribution is -0.149. The first-order valence-corrected chi connectivity index (χ1v) is 10.2. The van der Waals surface area contributed by atoms with Gasteiger partial charge in [0.2, 0.25) is 5.91 Å². The van der Waals surface area contributed by atoms with Gasteiger partial charge >= 0.3 is 6.03 Å². The quantitative estimate of drug-likeness (QED) is 0.749. The van der Waals surface area contributed by atoms with Gasteiger partial charge < -0.3 is 25.2 Å². The van der Waals surface area contributed by atoms with Crippen molar-refractivity contribution in [2.75, 3.05) is 53.0 Å². The maximum absolute atomic E-state index is 13.2. The van der Waals surface area contributed by atoms with E-state index in [0.29, 0.717) is 38.8 Å². The first kappa shape index (κ1) is 22.2. The third-order valence-corrected chi connectivity index (χ3v) is 6.22. The van der Waals surface area contributed by atoms with Crippen molar-refractivity contribution in [2.45, 2.75) is 51.0 Å². The standard InChI is InChI=1S/C19H34N4O3.ClH/c1-26-15-19(7-9-20-10-8-19)17(24)22-11-13-23(14-12-22)18(25)21-16-5-3-2-4-6-16;/h16,20H,2-15H2,1H3,(H,21,25);1H. The molecule has 2 saturated heterocycles. The summed E-state index contributed by atoms with van der Waals surface area (Å²) >= 11 is 0. The first-order valence-electron chi connectivity index (χ1n) is 10.2. The van der Waals surface area contributed by atoms with Crippen LogP contribution in [0.1, 0.15) is 44.9 Å². The minimum Gasteiger partial charge on any atom is -0.384 e. The summed E-state index contributed by atoms with van der Waals surface area (Å²) in [6, 6.07) is 0.369. The van der Waals surface area contributed by atoms with E-state index in [2.05, 4.69) is 10.6 Å². The Hall–Kier alpha value is -1.05. The van der Waals surface area contributed by atoms with Gasteiger partial charge in [-0.05, 0) is 38.8 Å². The molecule has 156 valence electrons. The van der Waals surface area contributed by atoms with Crippen LogP contribution in [-0.2, 0) is 9.53 Å². The number of nitrogens with one attached hydrogen (secondary N) is 2. The Balaban J connectivity index is 0.00000261. The predicted octanol–water partition coefficient (Wildman–Crippen LogP) is 1.61. The van der Waals surface area contributed by atoms with Gasteiger partial charge in [0.25, 0.3) is 0 Å². The van der Waals surface area contributed by atoms with Crippen LogP contribution in [0.5, 0.6) is 0 Å². The van der Waals surface area contributed by atoms with Gasteiger partial charge in [-0.2, -0.15) is 0 Å². The molecule has 27 heavy (non-hydrogen) atoms. The fourth-order valence-electron chi connectivity index (χ4n) is 4.56. The summed E-state index contributed by atoms with van der Waals surface area (Å²) in [6.45, 7) is 4.68. The van der Waals surface area contributed by atoms with E-state index >= 15 is 0 Å². The van der Waals surface area contributed by atoms with Crippen LogP contribution in [0.2, 0.25) is 0 Å². The Morgan fingerprint density at radius 3 is 2.22 bits per heavy atom. The minimum absolute atomic E-state index is 0. The van der Waals surface area contributed by atoms with Crippen molar-refractivity contribution in [3.63, 3.8) is 0 Å². The number of urea groups is 1. The number of piperazine rings is 1. The Bertz CT molecular complexity index is 480. The summed E-state index contributed by atoms with van der Waals surface area (Å²) in [6.07, 6.45) is 7.54. The second-order valence-electron chi connectivity index (χ2n) is 8.03. The van der Waals surface area contributed by atoms with Gasteiger partial charge in [0, 0.05) is 39.3 Å². The number of hydrogen-bond acceptors (Lipinski definition) is 4. The van der Waals surface area contributed by atoms with Gasteiger partial charge in [0.15, 0.2) is 0 Å². The molecule has 3 amide bonds. The second-order valence-corrected chi connectivity index (χ2v) is 8.03. The topological polar surface area (TPSA) is 73.9 Å². The van der Waals surface area contributed by atoms with Crippen molar-refractivity contribution >= 4 is 24.3 Å².